The minimum atomic E-state index is -0.474. The predicted molar refractivity (Wildman–Crippen MR) is 62.7 cm³/mol. The van der Waals surface area contributed by atoms with E-state index in [9.17, 15) is 4.79 Å². The Labute approximate surface area is 101 Å². The van der Waals surface area contributed by atoms with Gasteiger partial charge in [0.15, 0.2) is 0 Å². The van der Waals surface area contributed by atoms with Crippen LogP contribution >= 0.6 is 0 Å². The maximum Gasteiger partial charge on any atom is 0.322 e. The zero-order chi connectivity index (χ0) is 12.8. The largest absolute Gasteiger partial charge is 0.411 e. The molecule has 1 N–H and O–H groups in total. The summed E-state index contributed by atoms with van der Waals surface area (Å²) in [4.78, 5) is 16.6. The third-order valence-electron chi connectivity index (χ3n) is 4.35. The lowest BCUT2D eigenvalue weighted by molar-refractivity contribution is -0.272. The van der Waals surface area contributed by atoms with E-state index in [2.05, 4.69) is 19.0 Å². The Morgan fingerprint density at radius 2 is 2.18 bits per heavy atom. The van der Waals surface area contributed by atoms with Crippen molar-refractivity contribution in [3.05, 3.63) is 0 Å². The SMILES string of the molecule is CC(=O)ON1C(C)(C)[C@@H]2CC[C@]1(C)/C(=N\O)C2. The molecule has 0 aromatic rings. The molecule has 0 aromatic heterocycles. The van der Waals surface area contributed by atoms with E-state index in [1.807, 2.05) is 6.92 Å². The fraction of sp³-hybridized carbons (Fsp3) is 0.833. The smallest absolute Gasteiger partial charge is 0.322 e. The van der Waals surface area contributed by atoms with Crippen LogP contribution in [0.25, 0.3) is 0 Å². The molecule has 0 spiro atoms. The number of oxime groups is 1. The van der Waals surface area contributed by atoms with Crippen molar-refractivity contribution in [3.8, 4) is 0 Å². The first-order valence-electron chi connectivity index (χ1n) is 6.02. The highest BCUT2D eigenvalue weighted by Gasteiger charge is 2.59. The number of fused-ring (bicyclic) bond motifs is 3. The monoisotopic (exact) mass is 240 g/mol. The zero-order valence-electron chi connectivity index (χ0n) is 10.9. The first-order valence-corrected chi connectivity index (χ1v) is 6.02. The molecule has 0 amide bonds. The molecule has 2 bridgehead atoms. The third kappa shape index (κ3) is 1.64. The maximum atomic E-state index is 11.2. The van der Waals surface area contributed by atoms with Crippen LogP contribution in [0.15, 0.2) is 5.16 Å². The Bertz CT molecular complexity index is 378. The van der Waals surface area contributed by atoms with Crippen LogP contribution in [0.1, 0.15) is 47.0 Å². The van der Waals surface area contributed by atoms with Crippen molar-refractivity contribution in [1.82, 2.24) is 5.06 Å². The van der Waals surface area contributed by atoms with Gasteiger partial charge in [0.25, 0.3) is 0 Å². The van der Waals surface area contributed by atoms with E-state index in [0.717, 1.165) is 19.3 Å². The first kappa shape index (κ1) is 12.4. The van der Waals surface area contributed by atoms with E-state index in [0.29, 0.717) is 11.6 Å². The minimum Gasteiger partial charge on any atom is -0.411 e. The number of nitrogens with zero attached hydrogens (tertiary/aromatic N) is 2. The minimum absolute atomic E-state index is 0.215. The third-order valence-corrected chi connectivity index (χ3v) is 4.35. The maximum absolute atomic E-state index is 11.2. The number of hydrogen-bond acceptors (Lipinski definition) is 5. The molecule has 5 heteroatoms. The Hall–Kier alpha value is -1.10. The van der Waals surface area contributed by atoms with Crippen molar-refractivity contribution in [2.24, 2.45) is 11.1 Å². The number of carbonyl (C=O) groups excluding carboxylic acids is 1. The lowest BCUT2D eigenvalue weighted by atomic mass is 9.63. The van der Waals surface area contributed by atoms with Gasteiger partial charge in [-0.1, -0.05) is 5.16 Å². The van der Waals surface area contributed by atoms with Gasteiger partial charge < -0.3 is 10.0 Å². The van der Waals surface area contributed by atoms with Gasteiger partial charge in [-0.25, -0.2) is 0 Å². The Kier molecular flexibility index (Phi) is 2.69. The zero-order valence-corrected chi connectivity index (χ0v) is 10.9. The molecular weight excluding hydrogens is 220 g/mol. The van der Waals surface area contributed by atoms with E-state index in [4.69, 9.17) is 10.0 Å². The van der Waals surface area contributed by atoms with Gasteiger partial charge in [0, 0.05) is 6.92 Å². The summed E-state index contributed by atoms with van der Waals surface area (Å²) >= 11 is 0. The van der Waals surface area contributed by atoms with Crippen molar-refractivity contribution in [3.63, 3.8) is 0 Å². The average molecular weight is 240 g/mol. The molecule has 0 aromatic carbocycles. The first-order chi connectivity index (χ1) is 7.82. The van der Waals surface area contributed by atoms with Crippen LogP contribution in [-0.2, 0) is 9.63 Å². The van der Waals surface area contributed by atoms with Gasteiger partial charge in [0.1, 0.15) is 0 Å². The van der Waals surface area contributed by atoms with E-state index >= 15 is 0 Å². The summed E-state index contributed by atoms with van der Waals surface area (Å²) in [6.45, 7) is 7.53. The van der Waals surface area contributed by atoms with Crippen LogP contribution in [0.3, 0.4) is 0 Å². The van der Waals surface area contributed by atoms with Gasteiger partial charge >= 0.3 is 5.97 Å². The Morgan fingerprint density at radius 1 is 1.53 bits per heavy atom. The molecule has 1 saturated carbocycles. The molecule has 2 saturated heterocycles. The van der Waals surface area contributed by atoms with Crippen molar-refractivity contribution >= 4 is 11.7 Å². The van der Waals surface area contributed by atoms with Gasteiger partial charge in [-0.3, -0.25) is 4.79 Å². The summed E-state index contributed by atoms with van der Waals surface area (Å²) in [6, 6.07) is 0. The van der Waals surface area contributed by atoms with Gasteiger partial charge in [0.05, 0.1) is 16.8 Å². The molecular formula is C12H20N2O3. The molecule has 0 unspecified atom stereocenters. The normalized spacial score (nSPS) is 38.4. The van der Waals surface area contributed by atoms with Crippen LogP contribution in [0.5, 0.6) is 0 Å². The summed E-state index contributed by atoms with van der Waals surface area (Å²) in [6.07, 6.45) is 2.70. The molecule has 1 aliphatic carbocycles. The van der Waals surface area contributed by atoms with Gasteiger partial charge in [0.2, 0.25) is 0 Å². The molecule has 5 nitrogen and oxygen atoms in total. The van der Waals surface area contributed by atoms with Crippen molar-refractivity contribution in [2.75, 3.05) is 0 Å². The van der Waals surface area contributed by atoms with Crippen LogP contribution in [-0.4, -0.2) is 33.0 Å². The second kappa shape index (κ2) is 3.70. The standard InChI is InChI=1S/C12H20N2O3/c1-8(15)17-14-11(2,3)9-5-6-12(14,4)10(7-9)13-16/h9,16H,5-7H2,1-4H3/b13-10-/t9-,12-/m1/s1. The highest BCUT2D eigenvalue weighted by Crippen LogP contribution is 2.50. The van der Waals surface area contributed by atoms with Gasteiger partial charge in [-0.2, -0.15) is 0 Å². The van der Waals surface area contributed by atoms with Crippen LogP contribution in [0.4, 0.5) is 0 Å². The second-order valence-corrected chi connectivity index (χ2v) is 5.79. The molecule has 2 aliphatic heterocycles. The Balaban J connectivity index is 2.42. The topological polar surface area (TPSA) is 62.1 Å². The fourth-order valence-electron chi connectivity index (χ4n) is 3.27. The molecule has 2 heterocycles. The van der Waals surface area contributed by atoms with Crippen LogP contribution in [0, 0.1) is 5.92 Å². The van der Waals surface area contributed by atoms with Crippen LogP contribution in [0.2, 0.25) is 0 Å². The lowest BCUT2D eigenvalue weighted by Gasteiger charge is -2.59. The van der Waals surface area contributed by atoms with Gasteiger partial charge in [-0.05, 0) is 46.0 Å². The number of hydrogen-bond donors (Lipinski definition) is 1. The number of hydroxylamine groups is 2. The average Bonchev–Trinajstić information content (AvgIpc) is 2.23. The Morgan fingerprint density at radius 3 is 2.71 bits per heavy atom. The molecule has 3 fully saturated rings. The van der Waals surface area contributed by atoms with E-state index in [-0.39, 0.29) is 11.5 Å². The summed E-state index contributed by atoms with van der Waals surface area (Å²) in [5.74, 6) is 0.0266. The van der Waals surface area contributed by atoms with Crippen molar-refractivity contribution in [2.45, 2.75) is 58.0 Å². The van der Waals surface area contributed by atoms with Crippen molar-refractivity contribution < 1.29 is 14.8 Å². The highest BCUT2D eigenvalue weighted by molar-refractivity contribution is 5.94. The highest BCUT2D eigenvalue weighted by atomic mass is 16.7. The quantitative estimate of drug-likeness (QED) is 0.562. The van der Waals surface area contributed by atoms with Crippen LogP contribution < -0.4 is 0 Å². The van der Waals surface area contributed by atoms with E-state index < -0.39 is 5.54 Å². The number of rotatable bonds is 1. The van der Waals surface area contributed by atoms with E-state index in [1.54, 1.807) is 5.06 Å². The number of piperidine rings is 2. The summed E-state index contributed by atoms with van der Waals surface area (Å²) in [5.41, 5.74) is 0.0280. The summed E-state index contributed by atoms with van der Waals surface area (Å²) < 4.78 is 0. The van der Waals surface area contributed by atoms with Gasteiger partial charge in [-0.15, -0.1) is 5.06 Å². The second-order valence-electron chi connectivity index (χ2n) is 5.79. The molecule has 96 valence electrons. The summed E-state index contributed by atoms with van der Waals surface area (Å²) in [7, 11) is 0. The lowest BCUT2D eigenvalue weighted by Crippen LogP contribution is -2.71. The molecule has 0 radical (unpaired) electrons. The van der Waals surface area contributed by atoms with E-state index in [1.165, 1.54) is 6.92 Å². The summed E-state index contributed by atoms with van der Waals surface area (Å²) in [5, 5.41) is 14.3. The molecule has 3 rings (SSSR count). The fourth-order valence-corrected chi connectivity index (χ4v) is 3.27. The predicted octanol–water partition coefficient (Wildman–Crippen LogP) is 1.95. The molecule has 17 heavy (non-hydrogen) atoms. The molecule has 3 aliphatic rings. The van der Waals surface area contributed by atoms with Crippen molar-refractivity contribution in [1.29, 1.82) is 0 Å². The molecule has 2 atom stereocenters. The number of carbonyl (C=O) groups is 1.